The summed E-state index contributed by atoms with van der Waals surface area (Å²) in [5.41, 5.74) is 0.190. The van der Waals surface area contributed by atoms with E-state index in [-0.39, 0.29) is 32.7 Å². The Balaban J connectivity index is 2.02. The molecule has 0 saturated carbocycles. The van der Waals surface area contributed by atoms with Gasteiger partial charge in [-0.2, -0.15) is 0 Å². The van der Waals surface area contributed by atoms with Crippen molar-refractivity contribution in [2.75, 3.05) is 24.3 Å². The van der Waals surface area contributed by atoms with E-state index in [2.05, 4.69) is 10.6 Å². The van der Waals surface area contributed by atoms with Crippen molar-refractivity contribution in [3.05, 3.63) is 62.1 Å². The van der Waals surface area contributed by atoms with E-state index in [9.17, 15) is 19.7 Å². The smallest absolute Gasteiger partial charge is 0.338 e. The number of nitrogens with one attached hydrogen (secondary N) is 2. The van der Waals surface area contributed by atoms with E-state index in [0.29, 0.717) is 0 Å². The summed E-state index contributed by atoms with van der Waals surface area (Å²) in [6.07, 6.45) is 0. The topological polar surface area (TPSA) is 111 Å². The standard InChI is InChI=1S/C16H13Cl2N3O5/c1-19-11-6-5-9(7-13(11)21(24)25)16(23)26-8-14(22)20-12-4-2-3-10(17)15(12)18/h2-7,19H,8H2,1H3,(H,20,22). The highest BCUT2D eigenvalue weighted by Crippen LogP contribution is 2.29. The van der Waals surface area contributed by atoms with E-state index in [0.717, 1.165) is 6.07 Å². The van der Waals surface area contributed by atoms with Gasteiger partial charge in [-0.05, 0) is 24.3 Å². The first-order valence-electron chi connectivity index (χ1n) is 7.20. The van der Waals surface area contributed by atoms with E-state index in [4.69, 9.17) is 27.9 Å². The molecule has 0 unspecified atom stereocenters. The van der Waals surface area contributed by atoms with Crippen LogP contribution in [-0.2, 0) is 9.53 Å². The van der Waals surface area contributed by atoms with Gasteiger partial charge in [0, 0.05) is 13.1 Å². The first-order valence-corrected chi connectivity index (χ1v) is 7.96. The van der Waals surface area contributed by atoms with Crippen LogP contribution in [0.15, 0.2) is 36.4 Å². The van der Waals surface area contributed by atoms with Crippen LogP contribution in [-0.4, -0.2) is 30.5 Å². The minimum atomic E-state index is -0.872. The minimum absolute atomic E-state index is 0.0516. The van der Waals surface area contributed by atoms with Crippen LogP contribution in [0.2, 0.25) is 10.0 Å². The number of carbonyl (C=O) groups is 2. The highest BCUT2D eigenvalue weighted by atomic mass is 35.5. The molecule has 0 aromatic heterocycles. The number of halogens is 2. The van der Waals surface area contributed by atoms with Crippen molar-refractivity contribution in [3.8, 4) is 0 Å². The van der Waals surface area contributed by atoms with Gasteiger partial charge in [-0.1, -0.05) is 29.3 Å². The number of nitrogens with zero attached hydrogens (tertiary/aromatic N) is 1. The van der Waals surface area contributed by atoms with Crippen molar-refractivity contribution < 1.29 is 19.2 Å². The van der Waals surface area contributed by atoms with E-state index >= 15 is 0 Å². The number of nitro benzene ring substituents is 1. The fourth-order valence-electron chi connectivity index (χ4n) is 2.02. The van der Waals surface area contributed by atoms with Crippen molar-refractivity contribution in [3.63, 3.8) is 0 Å². The molecule has 0 spiro atoms. The Hall–Kier alpha value is -2.84. The molecule has 0 heterocycles. The molecule has 1 amide bonds. The van der Waals surface area contributed by atoms with Crippen molar-refractivity contribution in [1.82, 2.24) is 0 Å². The van der Waals surface area contributed by atoms with Gasteiger partial charge in [0.25, 0.3) is 11.6 Å². The van der Waals surface area contributed by atoms with E-state index in [1.165, 1.54) is 25.2 Å². The molecule has 0 aliphatic rings. The van der Waals surface area contributed by atoms with Gasteiger partial charge in [0.1, 0.15) is 5.69 Å². The van der Waals surface area contributed by atoms with Gasteiger partial charge in [0.05, 0.1) is 26.2 Å². The lowest BCUT2D eigenvalue weighted by Crippen LogP contribution is -2.21. The lowest BCUT2D eigenvalue weighted by Gasteiger charge is -2.09. The number of ether oxygens (including phenoxy) is 1. The van der Waals surface area contributed by atoms with Crippen LogP contribution in [0.25, 0.3) is 0 Å². The Labute approximate surface area is 158 Å². The minimum Gasteiger partial charge on any atom is -0.452 e. The molecule has 26 heavy (non-hydrogen) atoms. The first-order chi connectivity index (χ1) is 12.3. The maximum absolute atomic E-state index is 12.0. The molecule has 0 aliphatic carbocycles. The fourth-order valence-corrected chi connectivity index (χ4v) is 2.37. The first kappa shape index (κ1) is 19.5. The number of nitro groups is 1. The van der Waals surface area contributed by atoms with Crippen LogP contribution in [0.4, 0.5) is 17.1 Å². The summed E-state index contributed by atoms with van der Waals surface area (Å²) in [6.45, 7) is -0.594. The predicted octanol–water partition coefficient (Wildman–Crippen LogP) is 3.74. The number of carbonyl (C=O) groups excluding carboxylic acids is 2. The van der Waals surface area contributed by atoms with Crippen LogP contribution < -0.4 is 10.6 Å². The van der Waals surface area contributed by atoms with Crippen molar-refractivity contribution in [1.29, 1.82) is 0 Å². The van der Waals surface area contributed by atoms with E-state index in [1.54, 1.807) is 12.1 Å². The van der Waals surface area contributed by atoms with E-state index in [1.807, 2.05) is 0 Å². The third kappa shape index (κ3) is 4.62. The number of amides is 1. The molecule has 0 bridgehead atoms. The van der Waals surface area contributed by atoms with E-state index < -0.39 is 23.4 Å². The quantitative estimate of drug-likeness (QED) is 0.436. The van der Waals surface area contributed by atoms with Crippen LogP contribution in [0.3, 0.4) is 0 Å². The lowest BCUT2D eigenvalue weighted by molar-refractivity contribution is -0.384. The second-order valence-corrected chi connectivity index (χ2v) is 5.75. The molecule has 2 N–H and O–H groups in total. The number of esters is 1. The maximum Gasteiger partial charge on any atom is 0.338 e. The largest absolute Gasteiger partial charge is 0.452 e. The molecule has 0 fully saturated rings. The molecule has 136 valence electrons. The van der Waals surface area contributed by atoms with Crippen molar-refractivity contribution in [2.45, 2.75) is 0 Å². The highest BCUT2D eigenvalue weighted by molar-refractivity contribution is 6.44. The Morgan fingerprint density at radius 3 is 2.58 bits per heavy atom. The van der Waals surface area contributed by atoms with Crippen LogP contribution >= 0.6 is 23.2 Å². The summed E-state index contributed by atoms with van der Waals surface area (Å²) in [5.74, 6) is -1.51. The third-order valence-corrected chi connectivity index (χ3v) is 4.08. The zero-order valence-electron chi connectivity index (χ0n) is 13.4. The number of rotatable bonds is 6. The molecule has 0 atom stereocenters. The average molecular weight is 398 g/mol. The Kier molecular flexibility index (Phi) is 6.37. The van der Waals surface area contributed by atoms with Crippen LogP contribution in [0, 0.1) is 10.1 Å². The van der Waals surface area contributed by atoms with Crippen LogP contribution in [0.1, 0.15) is 10.4 Å². The zero-order chi connectivity index (χ0) is 19.3. The van der Waals surface area contributed by atoms with Gasteiger partial charge in [0.2, 0.25) is 0 Å². The molecule has 2 aromatic rings. The second-order valence-electron chi connectivity index (χ2n) is 4.96. The Bertz CT molecular complexity index is 873. The number of anilines is 2. The highest BCUT2D eigenvalue weighted by Gasteiger charge is 2.18. The molecule has 0 radical (unpaired) electrons. The molecule has 2 aromatic carbocycles. The fraction of sp³-hybridized carbons (Fsp3) is 0.125. The van der Waals surface area contributed by atoms with Crippen molar-refractivity contribution >= 4 is 52.1 Å². The SMILES string of the molecule is CNc1ccc(C(=O)OCC(=O)Nc2cccc(Cl)c2Cl)cc1[N+](=O)[O-]. The molecule has 0 saturated heterocycles. The van der Waals surface area contributed by atoms with Gasteiger partial charge in [-0.15, -0.1) is 0 Å². The summed E-state index contributed by atoms with van der Waals surface area (Å²) in [6, 6.07) is 8.49. The summed E-state index contributed by atoms with van der Waals surface area (Å²) < 4.78 is 4.87. The predicted molar refractivity (Wildman–Crippen MR) is 98.0 cm³/mol. The number of hydrogen-bond donors (Lipinski definition) is 2. The summed E-state index contributed by atoms with van der Waals surface area (Å²) in [4.78, 5) is 34.3. The Morgan fingerprint density at radius 1 is 1.19 bits per heavy atom. The van der Waals surface area contributed by atoms with Gasteiger partial charge in [-0.25, -0.2) is 4.79 Å². The summed E-state index contributed by atoms with van der Waals surface area (Å²) in [7, 11) is 1.52. The Morgan fingerprint density at radius 2 is 1.92 bits per heavy atom. The monoisotopic (exact) mass is 397 g/mol. The van der Waals surface area contributed by atoms with Gasteiger partial charge >= 0.3 is 5.97 Å². The van der Waals surface area contributed by atoms with Gasteiger partial charge in [-0.3, -0.25) is 14.9 Å². The molecule has 2 rings (SSSR count). The molecular formula is C16H13Cl2N3O5. The second kappa shape index (κ2) is 8.50. The number of hydrogen-bond acceptors (Lipinski definition) is 6. The maximum atomic E-state index is 12.0. The molecule has 10 heteroatoms. The summed E-state index contributed by atoms with van der Waals surface area (Å²) >= 11 is 11.8. The molecule has 0 aliphatic heterocycles. The number of benzene rings is 2. The van der Waals surface area contributed by atoms with Crippen molar-refractivity contribution in [2.24, 2.45) is 0 Å². The molecule has 8 nitrogen and oxygen atoms in total. The third-order valence-electron chi connectivity index (χ3n) is 3.26. The zero-order valence-corrected chi connectivity index (χ0v) is 14.9. The normalized spacial score (nSPS) is 10.1. The average Bonchev–Trinajstić information content (AvgIpc) is 2.62. The molecular weight excluding hydrogens is 385 g/mol. The lowest BCUT2D eigenvalue weighted by atomic mass is 10.1. The van der Waals surface area contributed by atoms with Crippen LogP contribution in [0.5, 0.6) is 0 Å². The van der Waals surface area contributed by atoms with Gasteiger partial charge in [0.15, 0.2) is 6.61 Å². The van der Waals surface area contributed by atoms with Gasteiger partial charge < -0.3 is 15.4 Å². The summed E-state index contributed by atoms with van der Waals surface area (Å²) in [5, 5.41) is 16.5.